The molecule has 0 amide bonds. The summed E-state index contributed by atoms with van der Waals surface area (Å²) in [6.45, 7) is 3.86. The quantitative estimate of drug-likeness (QED) is 0.129. The molecule has 2 aliphatic heterocycles. The van der Waals surface area contributed by atoms with E-state index in [1.54, 1.807) is 24.4 Å². The molecule has 10 heteroatoms. The standard InChI is InChI=1S/C27H30IN7O2/c28-23-10-4-3-9-22(23)24(36)37-21-13-11-20(12-14-21)19-29-33-25-30-26(34-15-5-1-6-16-34)32-27(31-25)35-17-7-2-8-18-35/h3-4,9-14,19H,1-2,5-8,15-18H2,(H,30,31,32,33)/b29-19-. The summed E-state index contributed by atoms with van der Waals surface area (Å²) < 4.78 is 6.36. The first kappa shape index (κ1) is 25.4. The van der Waals surface area contributed by atoms with Crippen LogP contribution >= 0.6 is 22.6 Å². The van der Waals surface area contributed by atoms with Crippen LogP contribution in [0.3, 0.4) is 0 Å². The number of nitrogens with zero attached hydrogens (tertiary/aromatic N) is 6. The maximum Gasteiger partial charge on any atom is 0.344 e. The van der Waals surface area contributed by atoms with E-state index in [-0.39, 0.29) is 5.97 Å². The van der Waals surface area contributed by atoms with Crippen LogP contribution in [0.2, 0.25) is 0 Å². The molecule has 0 unspecified atom stereocenters. The third kappa shape index (κ3) is 6.73. The zero-order chi connectivity index (χ0) is 25.5. The Labute approximate surface area is 230 Å². The van der Waals surface area contributed by atoms with E-state index in [1.807, 2.05) is 30.3 Å². The summed E-state index contributed by atoms with van der Waals surface area (Å²) in [5.41, 5.74) is 4.39. The summed E-state index contributed by atoms with van der Waals surface area (Å²) in [6, 6.07) is 14.5. The number of hydrogen-bond donors (Lipinski definition) is 1. The monoisotopic (exact) mass is 611 g/mol. The minimum Gasteiger partial charge on any atom is -0.423 e. The molecule has 2 saturated heterocycles. The van der Waals surface area contributed by atoms with Gasteiger partial charge in [0.2, 0.25) is 17.8 Å². The highest BCUT2D eigenvalue weighted by Crippen LogP contribution is 2.23. The number of halogens is 1. The first-order valence-electron chi connectivity index (χ1n) is 12.8. The topological polar surface area (TPSA) is 95.8 Å². The number of piperidine rings is 2. The number of aromatic nitrogens is 3. The van der Waals surface area contributed by atoms with Crippen molar-refractivity contribution in [2.75, 3.05) is 41.4 Å². The molecular formula is C27H30IN7O2. The fourth-order valence-corrected chi connectivity index (χ4v) is 5.06. The molecule has 0 saturated carbocycles. The van der Waals surface area contributed by atoms with Gasteiger partial charge in [0.15, 0.2) is 0 Å². The van der Waals surface area contributed by atoms with Crippen LogP contribution in [0.5, 0.6) is 5.75 Å². The Morgan fingerprint density at radius 2 is 1.43 bits per heavy atom. The summed E-state index contributed by atoms with van der Waals surface area (Å²) in [4.78, 5) is 31.0. The van der Waals surface area contributed by atoms with Crippen molar-refractivity contribution >= 4 is 52.6 Å². The van der Waals surface area contributed by atoms with Gasteiger partial charge in [0, 0.05) is 29.7 Å². The molecule has 0 aliphatic carbocycles. The maximum absolute atomic E-state index is 12.4. The largest absolute Gasteiger partial charge is 0.423 e. The molecule has 2 aliphatic rings. The highest BCUT2D eigenvalue weighted by molar-refractivity contribution is 14.1. The van der Waals surface area contributed by atoms with E-state index >= 15 is 0 Å². The molecule has 3 aromatic rings. The zero-order valence-corrected chi connectivity index (χ0v) is 22.8. The lowest BCUT2D eigenvalue weighted by atomic mass is 10.1. The van der Waals surface area contributed by atoms with Crippen LogP contribution in [0.1, 0.15) is 54.4 Å². The summed E-state index contributed by atoms with van der Waals surface area (Å²) in [7, 11) is 0. The van der Waals surface area contributed by atoms with Crippen LogP contribution in [-0.4, -0.2) is 53.3 Å². The molecule has 192 valence electrons. The lowest BCUT2D eigenvalue weighted by Gasteiger charge is -2.30. The van der Waals surface area contributed by atoms with Gasteiger partial charge in [0.25, 0.3) is 0 Å². The molecule has 37 heavy (non-hydrogen) atoms. The number of nitrogens with one attached hydrogen (secondary N) is 1. The van der Waals surface area contributed by atoms with Crippen molar-refractivity contribution in [2.24, 2.45) is 5.10 Å². The predicted octanol–water partition coefficient (Wildman–Crippen LogP) is 5.12. The van der Waals surface area contributed by atoms with Crippen molar-refractivity contribution in [3.63, 3.8) is 0 Å². The Kier molecular flexibility index (Phi) is 8.44. The summed E-state index contributed by atoms with van der Waals surface area (Å²) in [5, 5.41) is 4.36. The molecule has 0 radical (unpaired) electrons. The second-order valence-electron chi connectivity index (χ2n) is 9.16. The van der Waals surface area contributed by atoms with Gasteiger partial charge in [0.1, 0.15) is 5.75 Å². The van der Waals surface area contributed by atoms with Gasteiger partial charge in [-0.2, -0.15) is 20.1 Å². The minimum absolute atomic E-state index is 0.378. The third-order valence-electron chi connectivity index (χ3n) is 6.45. The maximum atomic E-state index is 12.4. The van der Waals surface area contributed by atoms with E-state index in [4.69, 9.17) is 9.72 Å². The van der Waals surface area contributed by atoms with Crippen LogP contribution in [0, 0.1) is 3.57 Å². The molecule has 0 atom stereocenters. The van der Waals surface area contributed by atoms with Crippen LogP contribution in [0.25, 0.3) is 0 Å². The lowest BCUT2D eigenvalue weighted by Crippen LogP contribution is -2.34. The fourth-order valence-electron chi connectivity index (χ4n) is 4.45. The zero-order valence-electron chi connectivity index (χ0n) is 20.6. The van der Waals surface area contributed by atoms with Crippen LogP contribution < -0.4 is 20.0 Å². The number of esters is 1. The summed E-state index contributed by atoms with van der Waals surface area (Å²) in [5.74, 6) is 1.97. The van der Waals surface area contributed by atoms with Crippen molar-refractivity contribution in [3.8, 4) is 5.75 Å². The molecular weight excluding hydrogens is 581 g/mol. The fraction of sp³-hybridized carbons (Fsp3) is 0.370. The van der Waals surface area contributed by atoms with Gasteiger partial charge in [-0.25, -0.2) is 10.2 Å². The van der Waals surface area contributed by atoms with Gasteiger partial charge in [-0.15, -0.1) is 0 Å². The van der Waals surface area contributed by atoms with Crippen molar-refractivity contribution in [1.82, 2.24) is 15.0 Å². The van der Waals surface area contributed by atoms with Gasteiger partial charge >= 0.3 is 5.97 Å². The molecule has 1 N–H and O–H groups in total. The number of hydrazone groups is 1. The first-order chi connectivity index (χ1) is 18.2. The van der Waals surface area contributed by atoms with E-state index in [0.717, 1.165) is 61.0 Å². The number of hydrogen-bond acceptors (Lipinski definition) is 9. The number of anilines is 3. The molecule has 3 heterocycles. The summed E-state index contributed by atoms with van der Waals surface area (Å²) >= 11 is 2.13. The smallest absolute Gasteiger partial charge is 0.344 e. The average molecular weight is 611 g/mol. The van der Waals surface area contributed by atoms with E-state index in [1.165, 1.54) is 12.8 Å². The Hall–Kier alpha value is -3.28. The molecule has 2 aromatic carbocycles. The van der Waals surface area contributed by atoms with E-state index in [0.29, 0.717) is 29.2 Å². The van der Waals surface area contributed by atoms with Gasteiger partial charge in [-0.05, 0) is 103 Å². The first-order valence-corrected chi connectivity index (χ1v) is 13.9. The second-order valence-corrected chi connectivity index (χ2v) is 10.3. The highest BCUT2D eigenvalue weighted by atomic mass is 127. The lowest BCUT2D eigenvalue weighted by molar-refractivity contribution is 0.0733. The van der Waals surface area contributed by atoms with E-state index < -0.39 is 0 Å². The SMILES string of the molecule is O=C(Oc1ccc(/C=N\Nc2nc(N3CCCCC3)nc(N3CCCCC3)n2)cc1)c1ccccc1I. The van der Waals surface area contributed by atoms with E-state index in [9.17, 15) is 4.79 Å². The van der Waals surface area contributed by atoms with Gasteiger partial charge in [0.05, 0.1) is 11.8 Å². The average Bonchev–Trinajstić information content (AvgIpc) is 2.95. The molecule has 0 bridgehead atoms. The Morgan fingerprint density at radius 1 is 0.838 bits per heavy atom. The van der Waals surface area contributed by atoms with Crippen molar-refractivity contribution in [3.05, 3.63) is 63.2 Å². The number of carbonyl (C=O) groups is 1. The van der Waals surface area contributed by atoms with Crippen LogP contribution in [-0.2, 0) is 0 Å². The number of ether oxygens (including phenoxy) is 1. The van der Waals surface area contributed by atoms with E-state index in [2.05, 4.69) is 52.9 Å². The van der Waals surface area contributed by atoms with Crippen LogP contribution in [0.4, 0.5) is 17.8 Å². The predicted molar refractivity (Wildman–Crippen MR) is 154 cm³/mol. The van der Waals surface area contributed by atoms with Crippen molar-refractivity contribution in [1.29, 1.82) is 0 Å². The van der Waals surface area contributed by atoms with Crippen molar-refractivity contribution < 1.29 is 9.53 Å². The molecule has 0 spiro atoms. The summed E-state index contributed by atoms with van der Waals surface area (Å²) in [6.07, 6.45) is 8.81. The molecule has 1 aromatic heterocycles. The third-order valence-corrected chi connectivity index (χ3v) is 7.39. The second kappa shape index (κ2) is 12.3. The molecule has 5 rings (SSSR count). The Balaban J connectivity index is 1.25. The molecule has 2 fully saturated rings. The van der Waals surface area contributed by atoms with Crippen molar-refractivity contribution in [2.45, 2.75) is 38.5 Å². The number of carbonyl (C=O) groups excluding carboxylic acids is 1. The van der Waals surface area contributed by atoms with Gasteiger partial charge in [-0.3, -0.25) is 0 Å². The molecule has 9 nitrogen and oxygen atoms in total. The van der Waals surface area contributed by atoms with Crippen LogP contribution in [0.15, 0.2) is 53.6 Å². The Morgan fingerprint density at radius 3 is 2.03 bits per heavy atom. The Bertz CT molecular complexity index is 1200. The minimum atomic E-state index is -0.378. The normalized spacial score (nSPS) is 16.1. The number of benzene rings is 2. The van der Waals surface area contributed by atoms with Gasteiger partial charge in [-0.1, -0.05) is 12.1 Å². The number of rotatable bonds is 7. The highest BCUT2D eigenvalue weighted by Gasteiger charge is 2.20. The van der Waals surface area contributed by atoms with Gasteiger partial charge < -0.3 is 14.5 Å².